The Hall–Kier alpha value is -2.08. The molecule has 6 heteroatoms. The van der Waals surface area contributed by atoms with Gasteiger partial charge in [-0.15, -0.1) is 0 Å². The molecule has 0 bridgehead atoms. The molecule has 0 fully saturated rings. The van der Waals surface area contributed by atoms with E-state index < -0.39 is 0 Å². The number of hydrogen-bond donors (Lipinski definition) is 1. The maximum atomic E-state index is 5.31. The van der Waals surface area contributed by atoms with Crippen LogP contribution in [0.25, 0.3) is 0 Å². The van der Waals surface area contributed by atoms with Crippen LogP contribution in [0.4, 0.5) is 0 Å². The smallest absolute Gasteiger partial charge is 0.227 e. The second-order valence-electron chi connectivity index (χ2n) is 3.94. The number of nitrogens with one attached hydrogen (secondary N) is 1. The Morgan fingerprint density at radius 2 is 2.16 bits per heavy atom. The summed E-state index contributed by atoms with van der Waals surface area (Å²) in [4.78, 5) is 3.96. The van der Waals surface area contributed by atoms with Crippen molar-refractivity contribution >= 4 is 0 Å². The maximum absolute atomic E-state index is 5.31. The zero-order chi connectivity index (χ0) is 13.5. The fourth-order valence-corrected chi connectivity index (χ4v) is 1.74. The molecule has 0 amide bonds. The monoisotopic (exact) mass is 263 g/mol. The van der Waals surface area contributed by atoms with Crippen molar-refractivity contribution in [3.8, 4) is 11.5 Å². The van der Waals surface area contributed by atoms with Crippen LogP contribution in [-0.4, -0.2) is 30.9 Å². The summed E-state index contributed by atoms with van der Waals surface area (Å²) < 4.78 is 15.4. The molecule has 19 heavy (non-hydrogen) atoms. The lowest BCUT2D eigenvalue weighted by molar-refractivity contribution is 0.374. The quantitative estimate of drug-likeness (QED) is 0.762. The van der Waals surface area contributed by atoms with Crippen molar-refractivity contribution in [2.45, 2.75) is 13.0 Å². The molecule has 0 aliphatic heterocycles. The van der Waals surface area contributed by atoms with Gasteiger partial charge in [0, 0.05) is 25.1 Å². The van der Waals surface area contributed by atoms with E-state index in [-0.39, 0.29) is 0 Å². The maximum Gasteiger partial charge on any atom is 0.227 e. The molecule has 0 saturated carbocycles. The third kappa shape index (κ3) is 3.69. The van der Waals surface area contributed by atoms with Crippen molar-refractivity contribution in [3.63, 3.8) is 0 Å². The first-order valence-corrected chi connectivity index (χ1v) is 6.00. The van der Waals surface area contributed by atoms with Crippen LogP contribution in [-0.2, 0) is 13.0 Å². The Balaban J connectivity index is 1.87. The minimum atomic E-state index is 0.630. The second-order valence-corrected chi connectivity index (χ2v) is 3.94. The summed E-state index contributed by atoms with van der Waals surface area (Å²) in [6.45, 7) is 1.44. The van der Waals surface area contributed by atoms with Crippen LogP contribution in [0.15, 0.2) is 29.0 Å². The molecule has 0 aliphatic carbocycles. The molecule has 0 unspecified atom stereocenters. The Kier molecular flexibility index (Phi) is 4.74. The van der Waals surface area contributed by atoms with E-state index in [0.29, 0.717) is 18.9 Å². The van der Waals surface area contributed by atoms with Gasteiger partial charge < -0.3 is 19.3 Å². The van der Waals surface area contributed by atoms with Gasteiger partial charge in [0.15, 0.2) is 6.33 Å². The summed E-state index contributed by atoms with van der Waals surface area (Å²) in [5, 5.41) is 6.86. The minimum absolute atomic E-state index is 0.630. The predicted octanol–water partition coefficient (Wildman–Crippen LogP) is 1.42. The van der Waals surface area contributed by atoms with Crippen molar-refractivity contribution in [1.82, 2.24) is 15.5 Å². The number of ether oxygens (including phenoxy) is 2. The highest BCUT2D eigenvalue weighted by Crippen LogP contribution is 2.23. The molecule has 6 nitrogen and oxygen atoms in total. The van der Waals surface area contributed by atoms with Gasteiger partial charge >= 0.3 is 0 Å². The van der Waals surface area contributed by atoms with Crippen LogP contribution in [0, 0.1) is 0 Å². The number of nitrogens with zero attached hydrogens (tertiary/aromatic N) is 2. The summed E-state index contributed by atoms with van der Waals surface area (Å²) >= 11 is 0. The van der Waals surface area contributed by atoms with Gasteiger partial charge in [-0.25, -0.2) is 0 Å². The van der Waals surface area contributed by atoms with E-state index in [1.54, 1.807) is 14.2 Å². The second kappa shape index (κ2) is 6.75. The molecule has 0 radical (unpaired) electrons. The molecule has 0 aliphatic rings. The van der Waals surface area contributed by atoms with Gasteiger partial charge in [0.1, 0.15) is 11.5 Å². The summed E-state index contributed by atoms with van der Waals surface area (Å²) in [5.74, 6) is 2.28. The summed E-state index contributed by atoms with van der Waals surface area (Å²) in [7, 11) is 3.30. The number of hydrogen-bond acceptors (Lipinski definition) is 6. The highest BCUT2D eigenvalue weighted by atomic mass is 16.5. The first-order valence-electron chi connectivity index (χ1n) is 6.00. The predicted molar refractivity (Wildman–Crippen MR) is 69.3 cm³/mol. The molecule has 0 atom stereocenters. The molecular formula is C13H17N3O3. The topological polar surface area (TPSA) is 69.4 Å². The Morgan fingerprint density at radius 1 is 1.26 bits per heavy atom. The molecule has 1 aromatic heterocycles. The van der Waals surface area contributed by atoms with E-state index in [1.165, 1.54) is 6.33 Å². The molecular weight excluding hydrogens is 246 g/mol. The van der Waals surface area contributed by atoms with Crippen LogP contribution in [0.1, 0.15) is 11.5 Å². The summed E-state index contributed by atoms with van der Waals surface area (Å²) in [6.07, 6.45) is 2.10. The fraction of sp³-hybridized carbons (Fsp3) is 0.385. The molecule has 1 N–H and O–H groups in total. The van der Waals surface area contributed by atoms with Crippen LogP contribution < -0.4 is 14.8 Å². The summed E-state index contributed by atoms with van der Waals surface area (Å²) in [6, 6.07) is 5.73. The van der Waals surface area contributed by atoms with E-state index >= 15 is 0 Å². The van der Waals surface area contributed by atoms with Crippen molar-refractivity contribution < 1.29 is 14.0 Å². The van der Waals surface area contributed by atoms with Gasteiger partial charge in [0.2, 0.25) is 5.89 Å². The lowest BCUT2D eigenvalue weighted by Gasteiger charge is -2.11. The van der Waals surface area contributed by atoms with Gasteiger partial charge in [0.05, 0.1) is 14.2 Å². The first kappa shape index (κ1) is 13.4. The van der Waals surface area contributed by atoms with E-state index in [9.17, 15) is 0 Å². The van der Waals surface area contributed by atoms with E-state index in [1.807, 2.05) is 18.2 Å². The van der Waals surface area contributed by atoms with E-state index in [2.05, 4.69) is 15.5 Å². The lowest BCUT2D eigenvalue weighted by Crippen LogP contribution is -2.17. The molecule has 2 aromatic rings. The zero-order valence-electron chi connectivity index (χ0n) is 11.0. The molecule has 102 valence electrons. The van der Waals surface area contributed by atoms with Crippen molar-refractivity contribution in [2.24, 2.45) is 0 Å². The van der Waals surface area contributed by atoms with Crippen LogP contribution in [0.2, 0.25) is 0 Å². The lowest BCUT2D eigenvalue weighted by atomic mass is 10.2. The Labute approximate surface area is 111 Å². The molecule has 0 spiro atoms. The number of benzene rings is 1. The van der Waals surface area contributed by atoms with Gasteiger partial charge in [-0.2, -0.15) is 4.98 Å². The molecule has 0 saturated heterocycles. The standard InChI is InChI=1S/C13H17N3O3/c1-17-11-3-4-12(18-2)10(7-11)8-14-6-5-13-15-9-16-19-13/h3-4,7,9,14H,5-6,8H2,1-2H3. The third-order valence-corrected chi connectivity index (χ3v) is 2.73. The SMILES string of the molecule is COc1ccc(OC)c(CNCCc2ncno2)c1. The average molecular weight is 263 g/mol. The molecule has 2 rings (SSSR count). The highest BCUT2D eigenvalue weighted by molar-refractivity contribution is 5.40. The summed E-state index contributed by atoms with van der Waals surface area (Å²) in [5.41, 5.74) is 1.05. The highest BCUT2D eigenvalue weighted by Gasteiger charge is 2.05. The van der Waals surface area contributed by atoms with E-state index in [0.717, 1.165) is 23.6 Å². The number of rotatable bonds is 7. The molecule has 1 heterocycles. The van der Waals surface area contributed by atoms with Crippen molar-refractivity contribution in [2.75, 3.05) is 20.8 Å². The number of aromatic nitrogens is 2. The normalized spacial score (nSPS) is 10.4. The van der Waals surface area contributed by atoms with Crippen molar-refractivity contribution in [3.05, 3.63) is 36.0 Å². The van der Waals surface area contributed by atoms with E-state index in [4.69, 9.17) is 14.0 Å². The zero-order valence-corrected chi connectivity index (χ0v) is 11.0. The first-order chi connectivity index (χ1) is 9.33. The molecule has 1 aromatic carbocycles. The minimum Gasteiger partial charge on any atom is -0.497 e. The van der Waals surface area contributed by atoms with Crippen LogP contribution >= 0.6 is 0 Å². The van der Waals surface area contributed by atoms with Crippen molar-refractivity contribution in [1.29, 1.82) is 0 Å². The van der Waals surface area contributed by atoms with Gasteiger partial charge in [-0.3, -0.25) is 0 Å². The Morgan fingerprint density at radius 3 is 2.84 bits per heavy atom. The van der Waals surface area contributed by atoms with Gasteiger partial charge in [0.25, 0.3) is 0 Å². The van der Waals surface area contributed by atoms with Gasteiger partial charge in [-0.05, 0) is 18.2 Å². The fourth-order valence-electron chi connectivity index (χ4n) is 1.74. The third-order valence-electron chi connectivity index (χ3n) is 2.73. The number of methoxy groups -OCH3 is 2. The largest absolute Gasteiger partial charge is 0.497 e. The van der Waals surface area contributed by atoms with Gasteiger partial charge in [-0.1, -0.05) is 5.16 Å². The van der Waals surface area contributed by atoms with Crippen LogP contribution in [0.3, 0.4) is 0 Å². The van der Waals surface area contributed by atoms with Crippen LogP contribution in [0.5, 0.6) is 11.5 Å². The average Bonchev–Trinajstić information content (AvgIpc) is 2.96. The Bertz CT molecular complexity index is 500.